The van der Waals surface area contributed by atoms with Crippen molar-refractivity contribution in [3.63, 3.8) is 0 Å². The van der Waals surface area contributed by atoms with Crippen LogP contribution in [0.4, 0.5) is 8.78 Å². The van der Waals surface area contributed by atoms with Crippen LogP contribution in [-0.4, -0.2) is 59.0 Å². The number of nitrogens with zero attached hydrogens (tertiary/aromatic N) is 6. The van der Waals surface area contributed by atoms with E-state index >= 15 is 0 Å². The first-order valence-electron chi connectivity index (χ1n) is 13.5. The highest BCUT2D eigenvalue weighted by atomic mass is 19.1. The molecule has 6 rings (SSSR count). The van der Waals surface area contributed by atoms with Gasteiger partial charge in [-0.05, 0) is 36.2 Å². The Kier molecular flexibility index (Phi) is 9.40. The van der Waals surface area contributed by atoms with E-state index in [4.69, 9.17) is 9.47 Å². The van der Waals surface area contributed by atoms with Crippen LogP contribution in [0.5, 0.6) is 17.2 Å². The van der Waals surface area contributed by atoms with Gasteiger partial charge in [0.1, 0.15) is 48.3 Å². The van der Waals surface area contributed by atoms with Crippen LogP contribution in [-0.2, 0) is 36.3 Å². The average Bonchev–Trinajstić information content (AvgIpc) is 3.78. The molecule has 2 aromatic heterocycles. The number of phenols is 1. The molecule has 1 aliphatic heterocycles. The Morgan fingerprint density at radius 3 is 2.30 bits per heavy atom. The molecule has 3 aromatic carbocycles. The number of amides is 1. The summed E-state index contributed by atoms with van der Waals surface area (Å²) >= 11 is 0. The number of aromatic hydroxyl groups is 1. The van der Waals surface area contributed by atoms with Crippen LogP contribution < -0.4 is 14.8 Å². The molecule has 3 heterocycles. The third-order valence-corrected chi connectivity index (χ3v) is 6.73. The molecule has 0 bridgehead atoms. The fourth-order valence-electron chi connectivity index (χ4n) is 4.59. The smallest absolute Gasteiger partial charge is 0.231 e. The highest BCUT2D eigenvalue weighted by molar-refractivity contribution is 5.79. The summed E-state index contributed by atoms with van der Waals surface area (Å²) in [4.78, 5) is 19.4. The minimum Gasteiger partial charge on any atom is -0.508 e. The predicted octanol–water partition coefficient (Wildman–Crippen LogP) is 2.76. The van der Waals surface area contributed by atoms with Crippen molar-refractivity contribution in [2.45, 2.75) is 31.5 Å². The Morgan fingerprint density at radius 2 is 1.64 bits per heavy atom. The maximum atomic E-state index is 14.1. The van der Waals surface area contributed by atoms with Crippen LogP contribution in [0.1, 0.15) is 16.7 Å². The molecule has 5 aromatic rings. The number of benzene rings is 3. The van der Waals surface area contributed by atoms with Gasteiger partial charge in [0.05, 0.1) is 19.5 Å². The summed E-state index contributed by atoms with van der Waals surface area (Å²) in [6.07, 6.45) is 6.28. The first-order valence-corrected chi connectivity index (χ1v) is 13.5. The van der Waals surface area contributed by atoms with Gasteiger partial charge in [0, 0.05) is 23.7 Å². The van der Waals surface area contributed by atoms with Crippen LogP contribution in [0.2, 0.25) is 0 Å². The van der Waals surface area contributed by atoms with Gasteiger partial charge in [0.25, 0.3) is 0 Å². The van der Waals surface area contributed by atoms with E-state index in [1.54, 1.807) is 24.3 Å². The van der Waals surface area contributed by atoms with Crippen molar-refractivity contribution >= 4 is 5.91 Å². The standard InChI is InChI=1S/C17H17NO4.C13H12F2N6O/c19-14-4-2-1-3-13(14)10-17(20)18-8-7-12-5-6-15-16(9-12)22-11-21-15;14-10-1-2-11(12(15)3-10)13(22,4-20-8-16-6-18-20)5-21-9-17-7-19-21/h1-6,9,19H,7-8,10-11H2,(H,18,20);1-3,6-9,22H,4-5H2. The van der Waals surface area contributed by atoms with Crippen molar-refractivity contribution in [3.05, 3.63) is 114 Å². The second-order valence-corrected chi connectivity index (χ2v) is 9.93. The summed E-state index contributed by atoms with van der Waals surface area (Å²) in [5, 5.41) is 31.3. The van der Waals surface area contributed by atoms with E-state index in [9.17, 15) is 23.8 Å². The van der Waals surface area contributed by atoms with Gasteiger partial charge < -0.3 is 25.0 Å². The lowest BCUT2D eigenvalue weighted by Gasteiger charge is -2.28. The van der Waals surface area contributed by atoms with Crippen LogP contribution in [0.3, 0.4) is 0 Å². The summed E-state index contributed by atoms with van der Waals surface area (Å²) in [6, 6.07) is 15.6. The number of hydrogen-bond acceptors (Lipinski definition) is 9. The summed E-state index contributed by atoms with van der Waals surface area (Å²) in [5.41, 5.74) is -0.0470. The highest BCUT2D eigenvalue weighted by Gasteiger charge is 2.34. The highest BCUT2D eigenvalue weighted by Crippen LogP contribution is 2.32. The van der Waals surface area contributed by atoms with E-state index in [1.165, 1.54) is 40.7 Å². The largest absolute Gasteiger partial charge is 0.508 e. The van der Waals surface area contributed by atoms with Gasteiger partial charge in [0.15, 0.2) is 11.5 Å². The molecule has 12 nitrogen and oxygen atoms in total. The number of hydrogen-bond donors (Lipinski definition) is 3. The van der Waals surface area contributed by atoms with Gasteiger partial charge in [0.2, 0.25) is 12.7 Å². The van der Waals surface area contributed by atoms with Crippen LogP contribution >= 0.6 is 0 Å². The number of rotatable bonds is 10. The summed E-state index contributed by atoms with van der Waals surface area (Å²) < 4.78 is 40.5. The summed E-state index contributed by atoms with van der Waals surface area (Å²) in [5.74, 6) is -0.0196. The lowest BCUT2D eigenvalue weighted by molar-refractivity contribution is -0.120. The number of aliphatic hydroxyl groups is 1. The number of phenolic OH excluding ortho intramolecular Hbond substituents is 1. The Balaban J connectivity index is 0.000000175. The average molecular weight is 606 g/mol. The van der Waals surface area contributed by atoms with Gasteiger partial charge in [-0.3, -0.25) is 4.79 Å². The minimum atomic E-state index is -1.70. The molecule has 0 aliphatic carbocycles. The Hall–Kier alpha value is -5.37. The first-order chi connectivity index (χ1) is 21.3. The molecule has 14 heteroatoms. The number of fused-ring (bicyclic) bond motifs is 1. The van der Waals surface area contributed by atoms with Crippen molar-refractivity contribution in [1.82, 2.24) is 34.8 Å². The van der Waals surface area contributed by atoms with Gasteiger partial charge in [-0.25, -0.2) is 28.1 Å². The molecule has 0 unspecified atom stereocenters. The van der Waals surface area contributed by atoms with Crippen LogP contribution in [0, 0.1) is 11.6 Å². The van der Waals surface area contributed by atoms with Gasteiger partial charge in [-0.1, -0.05) is 30.3 Å². The molecular formula is C30H29F2N7O5. The van der Waals surface area contributed by atoms with Crippen molar-refractivity contribution in [1.29, 1.82) is 0 Å². The van der Waals surface area contributed by atoms with Crippen LogP contribution in [0.15, 0.2) is 86.0 Å². The molecule has 228 valence electrons. The molecular weight excluding hydrogens is 576 g/mol. The van der Waals surface area contributed by atoms with Crippen molar-refractivity contribution in [2.75, 3.05) is 13.3 Å². The first kappa shape index (κ1) is 30.1. The molecule has 1 amide bonds. The second-order valence-electron chi connectivity index (χ2n) is 9.93. The zero-order valence-electron chi connectivity index (χ0n) is 23.4. The fraction of sp³-hybridized carbons (Fsp3) is 0.233. The molecule has 0 atom stereocenters. The van der Waals surface area contributed by atoms with Gasteiger partial charge >= 0.3 is 0 Å². The molecule has 0 saturated carbocycles. The summed E-state index contributed by atoms with van der Waals surface area (Å²) in [6.45, 7) is 0.646. The lowest BCUT2D eigenvalue weighted by atomic mass is 9.93. The Bertz CT molecular complexity index is 1650. The Labute approximate surface area is 250 Å². The van der Waals surface area contributed by atoms with Crippen molar-refractivity contribution in [3.8, 4) is 17.2 Å². The number of ether oxygens (including phenoxy) is 2. The predicted molar refractivity (Wildman–Crippen MR) is 151 cm³/mol. The molecule has 1 aliphatic rings. The monoisotopic (exact) mass is 605 g/mol. The van der Waals surface area contributed by atoms with Gasteiger partial charge in [-0.15, -0.1) is 0 Å². The number of carbonyl (C=O) groups excluding carboxylic acids is 1. The van der Waals surface area contributed by atoms with E-state index in [-0.39, 0.29) is 43.5 Å². The normalized spacial score (nSPS) is 12.0. The van der Waals surface area contributed by atoms with Crippen molar-refractivity contribution in [2.24, 2.45) is 0 Å². The molecule has 0 spiro atoms. The minimum absolute atomic E-state index is 0.0556. The number of aromatic nitrogens is 6. The summed E-state index contributed by atoms with van der Waals surface area (Å²) in [7, 11) is 0. The van der Waals surface area contributed by atoms with E-state index in [0.717, 1.165) is 29.2 Å². The second kappa shape index (κ2) is 13.7. The lowest BCUT2D eigenvalue weighted by Crippen LogP contribution is -2.37. The van der Waals surface area contributed by atoms with Crippen molar-refractivity contribution < 1.29 is 33.3 Å². The maximum Gasteiger partial charge on any atom is 0.231 e. The number of carbonyl (C=O) groups is 1. The molecule has 0 fully saturated rings. The van der Waals surface area contributed by atoms with Crippen LogP contribution in [0.25, 0.3) is 0 Å². The van der Waals surface area contributed by atoms with Gasteiger partial charge in [-0.2, -0.15) is 10.2 Å². The third kappa shape index (κ3) is 7.72. The SMILES string of the molecule is O=C(Cc1ccccc1O)NCCc1ccc2c(c1)OCO2.OC(Cn1cncn1)(Cn1cncn1)c1ccc(F)cc1F. The quantitative estimate of drug-likeness (QED) is 0.218. The fourth-order valence-corrected chi connectivity index (χ4v) is 4.59. The molecule has 3 N–H and O–H groups in total. The van der Waals surface area contributed by atoms with E-state index in [0.29, 0.717) is 18.5 Å². The van der Waals surface area contributed by atoms with E-state index in [1.807, 2.05) is 18.2 Å². The molecule has 0 saturated heterocycles. The zero-order valence-corrected chi connectivity index (χ0v) is 23.4. The molecule has 0 radical (unpaired) electrons. The number of para-hydroxylation sites is 1. The Morgan fingerprint density at radius 1 is 0.932 bits per heavy atom. The van der Waals surface area contributed by atoms with E-state index in [2.05, 4.69) is 25.5 Å². The van der Waals surface area contributed by atoms with E-state index < -0.39 is 17.2 Å². The number of nitrogens with one attached hydrogen (secondary N) is 1. The maximum absolute atomic E-state index is 14.1. The zero-order chi connectivity index (χ0) is 30.9. The topological polar surface area (TPSA) is 149 Å². The number of halogens is 2. The molecule has 44 heavy (non-hydrogen) atoms. The third-order valence-electron chi connectivity index (χ3n) is 6.73.